The van der Waals surface area contributed by atoms with Gasteiger partial charge in [-0.25, -0.2) is 4.39 Å². The largest absolute Gasteiger partial charge is 0.419 e. The summed E-state index contributed by atoms with van der Waals surface area (Å²) in [5, 5.41) is 5.75. The summed E-state index contributed by atoms with van der Waals surface area (Å²) in [5.74, 6) is -2.35. The molecule has 0 aromatic heterocycles. The Morgan fingerprint density at radius 3 is 2.71 bits per heavy atom. The van der Waals surface area contributed by atoms with Crippen molar-refractivity contribution < 1.29 is 22.4 Å². The van der Waals surface area contributed by atoms with Crippen LogP contribution >= 0.6 is 0 Å². The molecule has 7 heteroatoms. The number of hydrogen-bond donors (Lipinski definition) is 2. The molecule has 1 aliphatic heterocycles. The van der Waals surface area contributed by atoms with Gasteiger partial charge in [0.15, 0.2) is 0 Å². The third kappa shape index (κ3) is 3.53. The average Bonchev–Trinajstić information content (AvgIpc) is 2.40. The number of benzene rings is 1. The Morgan fingerprint density at radius 2 is 2.10 bits per heavy atom. The van der Waals surface area contributed by atoms with Crippen LogP contribution in [-0.4, -0.2) is 24.5 Å². The fourth-order valence-corrected chi connectivity index (χ4v) is 2.41. The van der Waals surface area contributed by atoms with Gasteiger partial charge in [-0.1, -0.05) is 6.07 Å². The lowest BCUT2D eigenvalue weighted by Crippen LogP contribution is -2.52. The van der Waals surface area contributed by atoms with E-state index in [1.807, 2.05) is 6.92 Å². The Balaban J connectivity index is 2.20. The molecule has 0 radical (unpaired) electrons. The van der Waals surface area contributed by atoms with Gasteiger partial charge in [0, 0.05) is 12.1 Å². The van der Waals surface area contributed by atoms with Crippen molar-refractivity contribution in [3.63, 3.8) is 0 Å². The molecular formula is C14H16F4N2O. The molecular weight excluding hydrogens is 288 g/mol. The van der Waals surface area contributed by atoms with Crippen LogP contribution in [0.15, 0.2) is 18.2 Å². The van der Waals surface area contributed by atoms with Crippen LogP contribution in [0.5, 0.6) is 0 Å². The van der Waals surface area contributed by atoms with Crippen molar-refractivity contribution >= 4 is 5.91 Å². The molecule has 2 atom stereocenters. The molecule has 1 amide bonds. The Bertz CT molecular complexity index is 530. The molecule has 0 saturated carbocycles. The number of nitrogens with one attached hydrogen (secondary N) is 2. The lowest BCUT2D eigenvalue weighted by molar-refractivity contribution is -0.140. The molecule has 1 fully saturated rings. The van der Waals surface area contributed by atoms with Crippen molar-refractivity contribution in [1.82, 2.24) is 10.6 Å². The summed E-state index contributed by atoms with van der Waals surface area (Å²) in [6.07, 6.45) is -3.26. The van der Waals surface area contributed by atoms with Crippen molar-refractivity contribution in [2.75, 3.05) is 6.54 Å². The number of alkyl halides is 3. The highest BCUT2D eigenvalue weighted by Crippen LogP contribution is 2.32. The number of amides is 1. The molecule has 0 aliphatic carbocycles. The second-order valence-corrected chi connectivity index (χ2v) is 5.13. The zero-order valence-electron chi connectivity index (χ0n) is 11.4. The predicted molar refractivity (Wildman–Crippen MR) is 69.4 cm³/mol. The molecule has 0 spiro atoms. The number of rotatable bonds is 2. The Hall–Kier alpha value is -1.63. The molecule has 3 nitrogen and oxygen atoms in total. The summed E-state index contributed by atoms with van der Waals surface area (Å²) in [6, 6.07) is 2.48. The van der Waals surface area contributed by atoms with Crippen LogP contribution in [-0.2, 0) is 6.18 Å². The molecule has 116 valence electrons. The van der Waals surface area contributed by atoms with Crippen LogP contribution in [0.3, 0.4) is 0 Å². The summed E-state index contributed by atoms with van der Waals surface area (Å²) >= 11 is 0. The molecule has 1 aromatic rings. The first-order valence-electron chi connectivity index (χ1n) is 6.70. The third-order valence-electron chi connectivity index (χ3n) is 3.63. The van der Waals surface area contributed by atoms with Gasteiger partial charge in [0.2, 0.25) is 0 Å². The zero-order valence-corrected chi connectivity index (χ0v) is 11.4. The fourth-order valence-electron chi connectivity index (χ4n) is 2.41. The second-order valence-electron chi connectivity index (χ2n) is 5.13. The Morgan fingerprint density at radius 1 is 1.38 bits per heavy atom. The van der Waals surface area contributed by atoms with Gasteiger partial charge in [0.05, 0.1) is 11.1 Å². The molecule has 1 heterocycles. The summed E-state index contributed by atoms with van der Waals surface area (Å²) in [7, 11) is 0. The quantitative estimate of drug-likeness (QED) is 0.825. The number of hydrogen-bond acceptors (Lipinski definition) is 2. The van der Waals surface area contributed by atoms with Crippen molar-refractivity contribution in [2.24, 2.45) is 0 Å². The normalized spacial score (nSPS) is 22.9. The minimum Gasteiger partial charge on any atom is -0.348 e. The summed E-state index contributed by atoms with van der Waals surface area (Å²) < 4.78 is 51.8. The number of carbonyl (C=O) groups is 1. The van der Waals surface area contributed by atoms with Crippen LogP contribution in [0.2, 0.25) is 0 Å². The van der Waals surface area contributed by atoms with Gasteiger partial charge in [-0.3, -0.25) is 4.79 Å². The lowest BCUT2D eigenvalue weighted by Gasteiger charge is -2.30. The highest BCUT2D eigenvalue weighted by atomic mass is 19.4. The third-order valence-corrected chi connectivity index (χ3v) is 3.63. The highest BCUT2D eigenvalue weighted by Gasteiger charge is 2.36. The number of halogens is 4. The maximum atomic E-state index is 13.9. The summed E-state index contributed by atoms with van der Waals surface area (Å²) in [5.41, 5.74) is -2.01. The van der Waals surface area contributed by atoms with E-state index in [0.717, 1.165) is 25.1 Å². The first-order valence-corrected chi connectivity index (χ1v) is 6.70. The Kier molecular flexibility index (Phi) is 4.51. The summed E-state index contributed by atoms with van der Waals surface area (Å²) in [6.45, 7) is 2.69. The van der Waals surface area contributed by atoms with E-state index in [1.165, 1.54) is 0 Å². The lowest BCUT2D eigenvalue weighted by atomic mass is 9.99. The van der Waals surface area contributed by atoms with Crippen molar-refractivity contribution in [3.05, 3.63) is 35.1 Å². The molecule has 1 aromatic carbocycles. The first-order chi connectivity index (χ1) is 9.80. The van der Waals surface area contributed by atoms with Crippen LogP contribution < -0.4 is 10.6 Å². The maximum Gasteiger partial charge on any atom is 0.419 e. The maximum absolute atomic E-state index is 13.9. The fraction of sp³-hybridized carbons (Fsp3) is 0.500. The molecule has 2 N–H and O–H groups in total. The van der Waals surface area contributed by atoms with Gasteiger partial charge in [-0.2, -0.15) is 13.2 Å². The number of carbonyl (C=O) groups excluding carboxylic acids is 1. The molecule has 21 heavy (non-hydrogen) atoms. The first kappa shape index (κ1) is 15.8. The Labute approximate surface area is 119 Å². The highest BCUT2D eigenvalue weighted by molar-refractivity contribution is 5.95. The van der Waals surface area contributed by atoms with Gasteiger partial charge in [0.1, 0.15) is 5.82 Å². The SMILES string of the molecule is C[C@H]1NCCC[C@@H]1NC(=O)c1cccc(C(F)(F)F)c1F. The smallest absolute Gasteiger partial charge is 0.348 e. The van der Waals surface area contributed by atoms with Gasteiger partial charge in [-0.05, 0) is 38.4 Å². The van der Waals surface area contributed by atoms with Crippen LogP contribution in [0.25, 0.3) is 0 Å². The van der Waals surface area contributed by atoms with E-state index in [-0.39, 0.29) is 12.1 Å². The molecule has 0 unspecified atom stereocenters. The van der Waals surface area contributed by atoms with Crippen LogP contribution in [0.1, 0.15) is 35.7 Å². The van der Waals surface area contributed by atoms with E-state index in [4.69, 9.17) is 0 Å². The van der Waals surface area contributed by atoms with E-state index in [0.29, 0.717) is 12.5 Å². The standard InChI is InChI=1S/C14H16F4N2O/c1-8-11(6-3-7-19-8)20-13(21)9-4-2-5-10(12(9)15)14(16,17)18/h2,4-5,8,11,19H,3,6-7H2,1H3,(H,20,21)/t8-,11+/m1/s1. The van der Waals surface area contributed by atoms with E-state index >= 15 is 0 Å². The minimum atomic E-state index is -4.82. The summed E-state index contributed by atoms with van der Waals surface area (Å²) in [4.78, 5) is 12.0. The monoisotopic (exact) mass is 304 g/mol. The molecule has 2 rings (SSSR count). The van der Waals surface area contributed by atoms with Crippen LogP contribution in [0.4, 0.5) is 17.6 Å². The van der Waals surface area contributed by atoms with E-state index in [2.05, 4.69) is 10.6 Å². The van der Waals surface area contributed by atoms with Gasteiger partial charge < -0.3 is 10.6 Å². The van der Waals surface area contributed by atoms with Gasteiger partial charge in [-0.15, -0.1) is 0 Å². The van der Waals surface area contributed by atoms with Crippen molar-refractivity contribution in [1.29, 1.82) is 0 Å². The van der Waals surface area contributed by atoms with Gasteiger partial charge in [0.25, 0.3) is 5.91 Å². The zero-order chi connectivity index (χ0) is 15.6. The van der Waals surface area contributed by atoms with Crippen molar-refractivity contribution in [2.45, 2.75) is 38.0 Å². The number of piperidine rings is 1. The average molecular weight is 304 g/mol. The molecule has 1 saturated heterocycles. The predicted octanol–water partition coefficient (Wildman–Crippen LogP) is 2.71. The molecule has 1 aliphatic rings. The minimum absolute atomic E-state index is 0.00319. The van der Waals surface area contributed by atoms with Crippen molar-refractivity contribution in [3.8, 4) is 0 Å². The van der Waals surface area contributed by atoms with E-state index < -0.39 is 29.0 Å². The van der Waals surface area contributed by atoms with E-state index in [1.54, 1.807) is 0 Å². The topological polar surface area (TPSA) is 41.1 Å². The van der Waals surface area contributed by atoms with Gasteiger partial charge >= 0.3 is 6.18 Å². The van der Waals surface area contributed by atoms with E-state index in [9.17, 15) is 22.4 Å². The molecule has 0 bridgehead atoms. The second kappa shape index (κ2) is 6.01. The van der Waals surface area contributed by atoms with Crippen LogP contribution in [0, 0.1) is 5.82 Å².